The number of rotatable bonds is 6. The number of nitrogens with one attached hydrogen (secondary N) is 1. The number of nitro benzene ring substituents is 1. The van der Waals surface area contributed by atoms with Gasteiger partial charge in [-0.15, -0.1) is 0 Å². The first kappa shape index (κ1) is 14.0. The molecule has 0 bridgehead atoms. The molecular formula is C14H18N4O2. The van der Waals surface area contributed by atoms with Crippen LogP contribution in [0.1, 0.15) is 26.1 Å². The number of nitrogens with zero attached hydrogens (tertiary/aromatic N) is 3. The minimum absolute atomic E-state index is 0.0913. The fraction of sp³-hybridized carbons (Fsp3) is 0.357. The van der Waals surface area contributed by atoms with Gasteiger partial charge >= 0.3 is 5.69 Å². The molecule has 0 radical (unpaired) electrons. The van der Waals surface area contributed by atoms with Gasteiger partial charge in [-0.2, -0.15) is 0 Å². The minimum Gasteiger partial charge on any atom is -0.379 e. The van der Waals surface area contributed by atoms with Crippen molar-refractivity contribution in [1.82, 2.24) is 9.55 Å². The van der Waals surface area contributed by atoms with E-state index in [0.29, 0.717) is 17.9 Å². The molecule has 0 aliphatic rings. The maximum Gasteiger partial charge on any atom is 0.316 e. The second kappa shape index (κ2) is 6.18. The van der Waals surface area contributed by atoms with E-state index in [0.717, 1.165) is 18.7 Å². The van der Waals surface area contributed by atoms with Crippen molar-refractivity contribution in [2.45, 2.75) is 26.7 Å². The van der Waals surface area contributed by atoms with Crippen LogP contribution in [0.4, 0.5) is 11.4 Å². The van der Waals surface area contributed by atoms with E-state index in [-0.39, 0.29) is 10.6 Å². The van der Waals surface area contributed by atoms with E-state index in [4.69, 9.17) is 0 Å². The molecule has 2 rings (SSSR count). The van der Waals surface area contributed by atoms with E-state index in [1.54, 1.807) is 29.1 Å². The number of aryl methyl sites for hydroxylation is 1. The third-order valence-electron chi connectivity index (χ3n) is 3.06. The molecule has 1 aromatic heterocycles. The van der Waals surface area contributed by atoms with Crippen molar-refractivity contribution in [2.24, 2.45) is 0 Å². The van der Waals surface area contributed by atoms with Crippen LogP contribution in [0.15, 0.2) is 30.6 Å². The second-order valence-corrected chi connectivity index (χ2v) is 4.42. The molecule has 0 fully saturated rings. The predicted molar refractivity (Wildman–Crippen MR) is 78.4 cm³/mol. The van der Waals surface area contributed by atoms with Crippen LogP contribution in [-0.4, -0.2) is 21.0 Å². The van der Waals surface area contributed by atoms with E-state index >= 15 is 0 Å². The number of anilines is 1. The summed E-state index contributed by atoms with van der Waals surface area (Å²) in [5.74, 6) is 0.806. The first-order valence-corrected chi connectivity index (χ1v) is 6.72. The molecule has 0 aliphatic heterocycles. The highest BCUT2D eigenvalue weighted by Gasteiger charge is 2.21. The van der Waals surface area contributed by atoms with Crippen LogP contribution < -0.4 is 5.32 Å². The maximum atomic E-state index is 11.4. The zero-order valence-electron chi connectivity index (χ0n) is 11.7. The summed E-state index contributed by atoms with van der Waals surface area (Å²) < 4.78 is 1.77. The molecule has 0 spiro atoms. The Kier molecular flexibility index (Phi) is 4.34. The van der Waals surface area contributed by atoms with E-state index in [1.165, 1.54) is 0 Å². The largest absolute Gasteiger partial charge is 0.379 e. The number of benzene rings is 1. The first-order chi connectivity index (χ1) is 9.69. The SMILES string of the molecule is CCCNc1cccc(-n2ccnc2CC)c1[N+](=O)[O-]. The van der Waals surface area contributed by atoms with Gasteiger partial charge in [-0.25, -0.2) is 4.98 Å². The highest BCUT2D eigenvalue weighted by atomic mass is 16.6. The average Bonchev–Trinajstić information content (AvgIpc) is 2.92. The Bertz CT molecular complexity index is 607. The van der Waals surface area contributed by atoms with Crippen LogP contribution in [0.5, 0.6) is 0 Å². The van der Waals surface area contributed by atoms with Crippen molar-refractivity contribution < 1.29 is 4.92 Å². The number of hydrogen-bond acceptors (Lipinski definition) is 4. The summed E-state index contributed by atoms with van der Waals surface area (Å²) >= 11 is 0. The summed E-state index contributed by atoms with van der Waals surface area (Å²) in [5, 5.41) is 14.5. The fourth-order valence-corrected chi connectivity index (χ4v) is 2.14. The van der Waals surface area contributed by atoms with Gasteiger partial charge in [-0.3, -0.25) is 14.7 Å². The Morgan fingerprint density at radius 3 is 2.85 bits per heavy atom. The van der Waals surface area contributed by atoms with Crippen molar-refractivity contribution in [1.29, 1.82) is 0 Å². The zero-order valence-corrected chi connectivity index (χ0v) is 11.7. The Hall–Kier alpha value is -2.37. The molecule has 0 unspecified atom stereocenters. The molecule has 6 heteroatoms. The molecule has 1 heterocycles. The van der Waals surface area contributed by atoms with Crippen LogP contribution in [0, 0.1) is 10.1 Å². The lowest BCUT2D eigenvalue weighted by Crippen LogP contribution is -2.08. The van der Waals surface area contributed by atoms with E-state index < -0.39 is 0 Å². The smallest absolute Gasteiger partial charge is 0.316 e. The van der Waals surface area contributed by atoms with E-state index in [1.807, 2.05) is 19.9 Å². The summed E-state index contributed by atoms with van der Waals surface area (Å²) in [5.41, 5.74) is 1.18. The number of imidazole rings is 1. The summed E-state index contributed by atoms with van der Waals surface area (Å²) in [6.45, 7) is 4.70. The lowest BCUT2D eigenvalue weighted by atomic mass is 10.2. The molecule has 2 aromatic rings. The Morgan fingerprint density at radius 2 is 2.20 bits per heavy atom. The summed E-state index contributed by atoms with van der Waals surface area (Å²) in [6, 6.07) is 5.30. The van der Waals surface area contributed by atoms with Crippen LogP contribution in [0.2, 0.25) is 0 Å². The van der Waals surface area contributed by atoms with E-state index in [9.17, 15) is 10.1 Å². The molecule has 6 nitrogen and oxygen atoms in total. The molecule has 106 valence electrons. The molecule has 0 atom stereocenters. The molecule has 20 heavy (non-hydrogen) atoms. The molecule has 0 aliphatic carbocycles. The first-order valence-electron chi connectivity index (χ1n) is 6.72. The van der Waals surface area contributed by atoms with Crippen LogP contribution in [0.25, 0.3) is 5.69 Å². The quantitative estimate of drug-likeness (QED) is 0.648. The van der Waals surface area contributed by atoms with Gasteiger partial charge < -0.3 is 5.32 Å². The van der Waals surface area contributed by atoms with Gasteiger partial charge in [0, 0.05) is 25.4 Å². The van der Waals surface area contributed by atoms with Crippen LogP contribution in [0.3, 0.4) is 0 Å². The Labute approximate surface area is 117 Å². The van der Waals surface area contributed by atoms with Gasteiger partial charge in [-0.1, -0.05) is 19.9 Å². The number of para-hydroxylation sites is 1. The Balaban J connectivity index is 2.55. The van der Waals surface area contributed by atoms with Crippen molar-refractivity contribution in [3.8, 4) is 5.69 Å². The number of nitro groups is 1. The maximum absolute atomic E-state index is 11.4. The molecule has 1 N–H and O–H groups in total. The molecule has 0 amide bonds. The summed E-state index contributed by atoms with van der Waals surface area (Å²) in [6.07, 6.45) is 5.04. The van der Waals surface area contributed by atoms with Crippen LogP contribution in [-0.2, 0) is 6.42 Å². The molecular weight excluding hydrogens is 256 g/mol. The molecule has 0 saturated carbocycles. The third kappa shape index (κ3) is 2.64. The second-order valence-electron chi connectivity index (χ2n) is 4.42. The van der Waals surface area contributed by atoms with Crippen molar-refractivity contribution in [3.05, 3.63) is 46.5 Å². The summed E-state index contributed by atoms with van der Waals surface area (Å²) in [4.78, 5) is 15.3. The molecule has 0 saturated heterocycles. The zero-order chi connectivity index (χ0) is 14.5. The van der Waals surface area contributed by atoms with Gasteiger partial charge in [0.1, 0.15) is 17.2 Å². The van der Waals surface area contributed by atoms with Crippen molar-refractivity contribution >= 4 is 11.4 Å². The normalized spacial score (nSPS) is 10.5. The van der Waals surface area contributed by atoms with E-state index in [2.05, 4.69) is 10.3 Å². The number of hydrogen-bond donors (Lipinski definition) is 1. The van der Waals surface area contributed by atoms with Crippen molar-refractivity contribution in [3.63, 3.8) is 0 Å². The lowest BCUT2D eigenvalue weighted by molar-refractivity contribution is -0.383. The average molecular weight is 274 g/mol. The third-order valence-corrected chi connectivity index (χ3v) is 3.06. The van der Waals surface area contributed by atoms with Gasteiger partial charge in [-0.05, 0) is 18.6 Å². The predicted octanol–water partition coefficient (Wildman–Crippen LogP) is 3.16. The minimum atomic E-state index is -0.341. The lowest BCUT2D eigenvalue weighted by Gasteiger charge is -2.11. The van der Waals surface area contributed by atoms with Gasteiger partial charge in [0.2, 0.25) is 0 Å². The Morgan fingerprint density at radius 1 is 1.40 bits per heavy atom. The fourth-order valence-electron chi connectivity index (χ4n) is 2.14. The monoisotopic (exact) mass is 274 g/mol. The number of aromatic nitrogens is 2. The topological polar surface area (TPSA) is 73.0 Å². The summed E-state index contributed by atoms with van der Waals surface area (Å²) in [7, 11) is 0. The van der Waals surface area contributed by atoms with Gasteiger partial charge in [0.25, 0.3) is 0 Å². The van der Waals surface area contributed by atoms with Gasteiger partial charge in [0.15, 0.2) is 0 Å². The highest BCUT2D eigenvalue weighted by molar-refractivity contribution is 5.71. The van der Waals surface area contributed by atoms with Crippen molar-refractivity contribution in [2.75, 3.05) is 11.9 Å². The van der Waals surface area contributed by atoms with Crippen LogP contribution >= 0.6 is 0 Å². The standard InChI is InChI=1S/C14H18N4O2/c1-3-8-15-11-6-5-7-12(14(11)18(19)20)17-10-9-16-13(17)4-2/h5-7,9-10,15H,3-4,8H2,1-2H3. The van der Waals surface area contributed by atoms with Gasteiger partial charge in [0.05, 0.1) is 4.92 Å². The highest BCUT2D eigenvalue weighted by Crippen LogP contribution is 2.32. The molecule has 1 aromatic carbocycles.